The van der Waals surface area contributed by atoms with E-state index in [1.807, 2.05) is 0 Å². The number of nitrogens with one attached hydrogen (secondary N) is 1. The standard InChI is InChI=1S/C18H13FN2O3S/c1-24-15-8-3-2-5-11(15)9-14-16(22)20-18(25)21(17(14)23)13-7-4-6-12(19)10-13/h2-10H,1H3,(H,20,22,25)/b14-9+. The molecule has 5 nitrogen and oxygen atoms in total. The van der Waals surface area contributed by atoms with Crippen LogP contribution in [0.3, 0.4) is 0 Å². The van der Waals surface area contributed by atoms with Gasteiger partial charge in [0.2, 0.25) is 0 Å². The number of nitrogens with zero attached hydrogens (tertiary/aromatic N) is 1. The van der Waals surface area contributed by atoms with E-state index in [2.05, 4.69) is 5.32 Å². The molecular formula is C18H13FN2O3S. The Morgan fingerprint density at radius 2 is 1.92 bits per heavy atom. The summed E-state index contributed by atoms with van der Waals surface area (Å²) in [5.74, 6) is -1.25. The summed E-state index contributed by atoms with van der Waals surface area (Å²) < 4.78 is 18.7. The number of amides is 2. The molecule has 3 rings (SSSR count). The first kappa shape index (κ1) is 16.8. The van der Waals surface area contributed by atoms with Crippen LogP contribution in [0.4, 0.5) is 10.1 Å². The molecule has 0 atom stereocenters. The van der Waals surface area contributed by atoms with E-state index in [0.717, 1.165) is 4.90 Å². The molecule has 0 saturated carbocycles. The van der Waals surface area contributed by atoms with E-state index >= 15 is 0 Å². The average Bonchev–Trinajstić information content (AvgIpc) is 2.59. The van der Waals surface area contributed by atoms with E-state index in [1.54, 1.807) is 24.3 Å². The number of benzene rings is 2. The lowest BCUT2D eigenvalue weighted by Crippen LogP contribution is -2.54. The van der Waals surface area contributed by atoms with Crippen molar-refractivity contribution in [2.45, 2.75) is 0 Å². The second-order valence-electron chi connectivity index (χ2n) is 5.18. The summed E-state index contributed by atoms with van der Waals surface area (Å²) in [4.78, 5) is 26.1. The lowest BCUT2D eigenvalue weighted by Gasteiger charge is -2.29. The van der Waals surface area contributed by atoms with E-state index in [9.17, 15) is 14.0 Å². The number of para-hydroxylation sites is 1. The summed E-state index contributed by atoms with van der Waals surface area (Å²) in [5.41, 5.74) is 0.679. The maximum Gasteiger partial charge on any atom is 0.270 e. The third-order valence-corrected chi connectivity index (χ3v) is 3.89. The summed E-state index contributed by atoms with van der Waals surface area (Å²) in [6.45, 7) is 0. The van der Waals surface area contributed by atoms with Gasteiger partial charge >= 0.3 is 0 Å². The SMILES string of the molecule is COc1ccccc1/C=C1\C(=O)NC(=S)N(c2cccc(F)c2)C1=O. The first-order valence-corrected chi connectivity index (χ1v) is 7.72. The molecule has 0 unspecified atom stereocenters. The number of hydrogen-bond acceptors (Lipinski definition) is 4. The van der Waals surface area contributed by atoms with Crippen molar-refractivity contribution >= 4 is 40.9 Å². The van der Waals surface area contributed by atoms with Gasteiger partial charge in [-0.15, -0.1) is 0 Å². The molecule has 126 valence electrons. The number of halogens is 1. The van der Waals surface area contributed by atoms with Crippen LogP contribution in [-0.4, -0.2) is 24.0 Å². The van der Waals surface area contributed by atoms with Crippen LogP contribution >= 0.6 is 12.2 Å². The lowest BCUT2D eigenvalue weighted by molar-refractivity contribution is -0.122. The smallest absolute Gasteiger partial charge is 0.270 e. The van der Waals surface area contributed by atoms with Gasteiger partial charge in [0.15, 0.2) is 5.11 Å². The highest BCUT2D eigenvalue weighted by atomic mass is 32.1. The Morgan fingerprint density at radius 1 is 1.16 bits per heavy atom. The zero-order chi connectivity index (χ0) is 18.0. The molecule has 1 aliphatic heterocycles. The fraction of sp³-hybridized carbons (Fsp3) is 0.0556. The number of carbonyl (C=O) groups excluding carboxylic acids is 2. The highest BCUT2D eigenvalue weighted by molar-refractivity contribution is 7.80. The molecule has 25 heavy (non-hydrogen) atoms. The van der Waals surface area contributed by atoms with E-state index in [1.165, 1.54) is 37.5 Å². The predicted molar refractivity (Wildman–Crippen MR) is 95.6 cm³/mol. The summed E-state index contributed by atoms with van der Waals surface area (Å²) in [6, 6.07) is 12.4. The number of rotatable bonds is 3. The first-order valence-electron chi connectivity index (χ1n) is 7.31. The summed E-state index contributed by atoms with van der Waals surface area (Å²) in [7, 11) is 1.49. The van der Waals surface area contributed by atoms with Crippen molar-refractivity contribution in [1.29, 1.82) is 0 Å². The van der Waals surface area contributed by atoms with Crippen molar-refractivity contribution in [3.63, 3.8) is 0 Å². The molecule has 7 heteroatoms. The van der Waals surface area contributed by atoms with Crippen LogP contribution in [0, 0.1) is 5.82 Å². The maximum absolute atomic E-state index is 13.5. The van der Waals surface area contributed by atoms with Gasteiger partial charge in [0.05, 0.1) is 12.8 Å². The van der Waals surface area contributed by atoms with E-state index in [4.69, 9.17) is 17.0 Å². The van der Waals surface area contributed by atoms with Gasteiger partial charge in [0.25, 0.3) is 11.8 Å². The van der Waals surface area contributed by atoms with E-state index in [0.29, 0.717) is 11.3 Å². The Balaban J connectivity index is 2.05. The highest BCUT2D eigenvalue weighted by Gasteiger charge is 2.34. The Kier molecular flexibility index (Phi) is 4.58. The Labute approximate surface area is 148 Å². The molecule has 2 aromatic rings. The van der Waals surface area contributed by atoms with Gasteiger partial charge in [-0.05, 0) is 42.6 Å². The summed E-state index contributed by atoms with van der Waals surface area (Å²) in [6.07, 6.45) is 1.42. The summed E-state index contributed by atoms with van der Waals surface area (Å²) >= 11 is 5.07. The van der Waals surface area contributed by atoms with Gasteiger partial charge in [-0.3, -0.25) is 19.8 Å². The third kappa shape index (κ3) is 3.27. The van der Waals surface area contributed by atoms with Crippen molar-refractivity contribution in [3.05, 3.63) is 65.5 Å². The first-order chi connectivity index (χ1) is 12.0. The highest BCUT2D eigenvalue weighted by Crippen LogP contribution is 2.25. The topological polar surface area (TPSA) is 58.6 Å². The van der Waals surface area contributed by atoms with E-state index in [-0.39, 0.29) is 16.4 Å². The molecule has 1 aliphatic rings. The molecule has 1 N–H and O–H groups in total. The van der Waals surface area contributed by atoms with Crippen molar-refractivity contribution < 1.29 is 18.7 Å². The monoisotopic (exact) mass is 356 g/mol. The molecule has 1 saturated heterocycles. The lowest BCUT2D eigenvalue weighted by atomic mass is 10.1. The number of methoxy groups -OCH3 is 1. The molecule has 0 radical (unpaired) electrons. The van der Waals surface area contributed by atoms with Gasteiger partial charge in [-0.25, -0.2) is 4.39 Å². The number of thiocarbonyl (C=S) groups is 1. The number of hydrogen-bond donors (Lipinski definition) is 1. The van der Waals surface area contributed by atoms with Crippen molar-refractivity contribution in [2.75, 3.05) is 12.0 Å². The normalized spacial score (nSPS) is 16.2. The van der Waals surface area contributed by atoms with Crippen LogP contribution in [0.1, 0.15) is 5.56 Å². The quantitative estimate of drug-likeness (QED) is 0.522. The molecule has 0 bridgehead atoms. The molecule has 1 heterocycles. The van der Waals surface area contributed by atoms with Crippen LogP contribution in [0.25, 0.3) is 6.08 Å². The largest absolute Gasteiger partial charge is 0.496 e. The minimum absolute atomic E-state index is 0.0993. The fourth-order valence-electron chi connectivity index (χ4n) is 2.45. The molecular weight excluding hydrogens is 343 g/mol. The predicted octanol–water partition coefficient (Wildman–Crippen LogP) is 2.67. The number of ether oxygens (including phenoxy) is 1. The van der Waals surface area contributed by atoms with E-state index < -0.39 is 17.6 Å². The second-order valence-corrected chi connectivity index (χ2v) is 5.57. The molecule has 0 spiro atoms. The minimum Gasteiger partial charge on any atom is -0.496 e. The molecule has 0 aromatic heterocycles. The van der Waals surface area contributed by atoms with Crippen LogP contribution in [0.15, 0.2) is 54.1 Å². The minimum atomic E-state index is -0.634. The molecule has 2 amide bonds. The van der Waals surface area contributed by atoms with Gasteiger partial charge in [0, 0.05) is 5.56 Å². The van der Waals surface area contributed by atoms with Crippen LogP contribution in [0.5, 0.6) is 5.75 Å². The van der Waals surface area contributed by atoms with Crippen molar-refractivity contribution in [1.82, 2.24) is 5.32 Å². The number of anilines is 1. The molecule has 1 fully saturated rings. The Morgan fingerprint density at radius 3 is 2.64 bits per heavy atom. The molecule has 0 aliphatic carbocycles. The fourth-order valence-corrected chi connectivity index (χ4v) is 2.73. The Bertz CT molecular complexity index is 911. The molecule has 2 aromatic carbocycles. The third-order valence-electron chi connectivity index (χ3n) is 3.61. The van der Waals surface area contributed by atoms with Crippen LogP contribution < -0.4 is 15.0 Å². The zero-order valence-electron chi connectivity index (χ0n) is 13.2. The van der Waals surface area contributed by atoms with Gasteiger partial charge < -0.3 is 4.74 Å². The summed E-state index contributed by atoms with van der Waals surface area (Å²) in [5, 5.41) is 2.35. The van der Waals surface area contributed by atoms with Crippen LogP contribution in [-0.2, 0) is 9.59 Å². The average molecular weight is 356 g/mol. The zero-order valence-corrected chi connectivity index (χ0v) is 14.0. The Hall–Kier alpha value is -3.06. The van der Waals surface area contributed by atoms with Gasteiger partial charge in [-0.2, -0.15) is 0 Å². The van der Waals surface area contributed by atoms with Gasteiger partial charge in [0.1, 0.15) is 17.1 Å². The van der Waals surface area contributed by atoms with Crippen LogP contribution in [0.2, 0.25) is 0 Å². The number of carbonyl (C=O) groups is 2. The van der Waals surface area contributed by atoms with Gasteiger partial charge in [-0.1, -0.05) is 24.3 Å². The van der Waals surface area contributed by atoms with Crippen molar-refractivity contribution in [2.24, 2.45) is 0 Å². The second kappa shape index (κ2) is 6.82. The van der Waals surface area contributed by atoms with Crippen molar-refractivity contribution in [3.8, 4) is 5.75 Å². The maximum atomic E-state index is 13.5.